The Bertz CT molecular complexity index is 224. The van der Waals surface area contributed by atoms with Crippen LogP contribution in [0.5, 0.6) is 0 Å². The molecule has 6 N–H and O–H groups in total. The first-order valence-electron chi connectivity index (χ1n) is 5.49. The minimum absolute atomic E-state index is 0. The predicted molar refractivity (Wildman–Crippen MR) is 77.1 cm³/mol. The molecule has 0 heterocycles. The molecule has 0 aliphatic heterocycles. The molecule has 9 heteroatoms. The van der Waals surface area contributed by atoms with Gasteiger partial charge in [0.25, 0.3) is 0 Å². The summed E-state index contributed by atoms with van der Waals surface area (Å²) < 4.78 is 0. The van der Waals surface area contributed by atoms with Gasteiger partial charge in [0.1, 0.15) is 0 Å². The van der Waals surface area contributed by atoms with Crippen molar-refractivity contribution in [1.82, 2.24) is 12.3 Å². The normalized spacial score (nSPS) is 6.00. The Morgan fingerprint density at radius 3 is 1.19 bits per heavy atom. The molecule has 0 aromatic heterocycles. The fourth-order valence-corrected chi connectivity index (χ4v) is 0.879. The fourth-order valence-electron chi connectivity index (χ4n) is 0.879. The molecule has 0 bridgehead atoms. The van der Waals surface area contributed by atoms with E-state index < -0.39 is 0 Å². The van der Waals surface area contributed by atoms with Crippen molar-refractivity contribution >= 4 is 12.4 Å². The Labute approximate surface area is 160 Å². The van der Waals surface area contributed by atoms with E-state index in [9.17, 15) is 0 Å². The molecule has 0 aliphatic rings. The summed E-state index contributed by atoms with van der Waals surface area (Å²) in [5, 5.41) is 32.4. The molecule has 0 unspecified atom stereocenters. The number of hydrogen-bond donors (Lipinski definition) is 2. The van der Waals surface area contributed by atoms with E-state index >= 15 is 0 Å². The summed E-state index contributed by atoms with van der Waals surface area (Å²) in [5.41, 5.74) is 0. The summed E-state index contributed by atoms with van der Waals surface area (Å²) >= 11 is 0. The SMILES string of the molecule is N.N.N#CCCCCC=[N-].N#CCCCCC=[N-].[Cu+].[Cu+].[Cu]. The van der Waals surface area contributed by atoms with Crippen molar-refractivity contribution in [2.75, 3.05) is 0 Å². The Morgan fingerprint density at radius 2 is 1.00 bits per heavy atom. The predicted octanol–water partition coefficient (Wildman–Crippen LogP) is 3.74. The summed E-state index contributed by atoms with van der Waals surface area (Å²) in [5.74, 6) is 0. The molecule has 0 aliphatic carbocycles. The van der Waals surface area contributed by atoms with Crippen LogP contribution in [-0.2, 0) is 51.2 Å². The molecule has 0 fully saturated rings. The number of nitriles is 2. The monoisotopic (exact) mass is 441 g/mol. The van der Waals surface area contributed by atoms with Crippen LogP contribution in [0, 0.1) is 22.7 Å². The summed E-state index contributed by atoms with van der Waals surface area (Å²) in [6.45, 7) is 0. The zero-order chi connectivity index (χ0) is 12.5. The molecule has 6 nitrogen and oxygen atoms in total. The van der Waals surface area contributed by atoms with Crippen molar-refractivity contribution in [3.8, 4) is 12.1 Å². The van der Waals surface area contributed by atoms with Crippen LogP contribution in [0.3, 0.4) is 0 Å². The molecule has 0 spiro atoms. The van der Waals surface area contributed by atoms with E-state index in [0.29, 0.717) is 25.7 Å². The Balaban J connectivity index is -0.0000000302. The Morgan fingerprint density at radius 1 is 0.714 bits per heavy atom. The number of unbranched alkanes of at least 4 members (excludes halogenated alkanes) is 6. The number of hydrogen-bond acceptors (Lipinski definition) is 4. The van der Waals surface area contributed by atoms with Crippen LogP contribution in [0.2, 0.25) is 0 Å². The van der Waals surface area contributed by atoms with Crippen molar-refractivity contribution in [2.24, 2.45) is 0 Å². The molecule has 0 rings (SSSR count). The molecule has 1 radical (unpaired) electrons. The fraction of sp³-hybridized carbons (Fsp3) is 0.667. The Kier molecular flexibility index (Phi) is 102. The molecule has 0 aromatic carbocycles. The standard InChI is InChI=1S/2C6H9N2.3Cu.2H3N/c2*7-5-3-1-2-4-6-8;;;;;/h2*5H,1-4H2;;;;2*1H3/q2*-1;;2*+1;;. The first-order chi connectivity index (χ1) is 7.83. The smallest absolute Gasteiger partial charge is 0.814 e. The van der Waals surface area contributed by atoms with Crippen LogP contribution in [-0.4, -0.2) is 12.4 Å². The molecule has 0 saturated heterocycles. The third-order valence-electron chi connectivity index (χ3n) is 1.74. The topological polar surface area (TPSA) is 162 Å². The van der Waals surface area contributed by atoms with E-state index in [0.717, 1.165) is 38.1 Å². The van der Waals surface area contributed by atoms with E-state index in [1.807, 2.05) is 12.1 Å². The zero-order valence-electron chi connectivity index (χ0n) is 11.9. The van der Waals surface area contributed by atoms with Gasteiger partial charge in [-0.15, -0.1) is 0 Å². The van der Waals surface area contributed by atoms with Gasteiger partial charge in [0.05, 0.1) is 12.1 Å². The van der Waals surface area contributed by atoms with E-state index in [4.69, 9.17) is 21.3 Å². The molecule has 0 atom stereocenters. The second-order valence-corrected chi connectivity index (χ2v) is 3.17. The molecular weight excluding hydrogens is 419 g/mol. The van der Waals surface area contributed by atoms with Crippen LogP contribution in [0.15, 0.2) is 0 Å². The largest absolute Gasteiger partial charge is 1.00 e. The molecule has 21 heavy (non-hydrogen) atoms. The van der Waals surface area contributed by atoms with E-state index in [1.54, 1.807) is 0 Å². The van der Waals surface area contributed by atoms with Crippen LogP contribution >= 0.6 is 0 Å². The van der Waals surface area contributed by atoms with Gasteiger partial charge >= 0.3 is 34.1 Å². The zero-order valence-corrected chi connectivity index (χ0v) is 14.7. The van der Waals surface area contributed by atoms with Gasteiger partial charge in [-0.05, 0) is 12.8 Å². The minimum atomic E-state index is 0. The van der Waals surface area contributed by atoms with E-state index in [1.165, 1.54) is 0 Å². The number of rotatable bonds is 8. The maximum atomic E-state index is 8.16. The van der Waals surface area contributed by atoms with Gasteiger partial charge in [-0.2, -0.15) is 10.5 Å². The average molecular weight is 443 g/mol. The van der Waals surface area contributed by atoms with Gasteiger partial charge in [0.2, 0.25) is 0 Å². The molecule has 0 aromatic rings. The van der Waals surface area contributed by atoms with E-state index in [2.05, 4.69) is 0 Å². The van der Waals surface area contributed by atoms with Gasteiger partial charge in [-0.1, -0.05) is 25.7 Å². The summed E-state index contributed by atoms with van der Waals surface area (Å²) in [6, 6.07) is 4.06. The first-order valence-corrected chi connectivity index (χ1v) is 5.49. The minimum Gasteiger partial charge on any atom is -0.814 e. The van der Waals surface area contributed by atoms with Gasteiger partial charge in [0.15, 0.2) is 0 Å². The van der Waals surface area contributed by atoms with Gasteiger partial charge in [-0.3, -0.25) is 0 Å². The summed E-state index contributed by atoms with van der Waals surface area (Å²) in [7, 11) is 0. The van der Waals surface area contributed by atoms with Crippen LogP contribution < -0.4 is 12.3 Å². The quantitative estimate of drug-likeness (QED) is 0.332. The van der Waals surface area contributed by atoms with Crippen molar-refractivity contribution in [1.29, 1.82) is 10.5 Å². The van der Waals surface area contributed by atoms with Gasteiger partial charge in [-0.25, -0.2) is 12.4 Å². The van der Waals surface area contributed by atoms with Crippen molar-refractivity contribution in [2.45, 2.75) is 51.4 Å². The van der Waals surface area contributed by atoms with E-state index in [-0.39, 0.29) is 63.5 Å². The van der Waals surface area contributed by atoms with Crippen LogP contribution in [0.4, 0.5) is 0 Å². The average Bonchev–Trinajstić information content (AvgIpc) is 2.31. The van der Waals surface area contributed by atoms with Gasteiger partial charge < -0.3 is 23.1 Å². The maximum Gasteiger partial charge on any atom is 1.00 e. The van der Waals surface area contributed by atoms with Crippen LogP contribution in [0.25, 0.3) is 10.8 Å². The molecule has 135 valence electrons. The molecular formula is C12H24Cu3N6. The number of nitrogens with zero attached hydrogens (tertiary/aromatic N) is 4. The van der Waals surface area contributed by atoms with Gasteiger partial charge in [0, 0.05) is 29.9 Å². The first kappa shape index (κ1) is 42.8. The van der Waals surface area contributed by atoms with Crippen molar-refractivity contribution in [3.05, 3.63) is 10.8 Å². The molecule has 0 saturated carbocycles. The van der Waals surface area contributed by atoms with Crippen molar-refractivity contribution in [3.63, 3.8) is 0 Å². The summed E-state index contributed by atoms with van der Waals surface area (Å²) in [4.78, 5) is 0. The second-order valence-electron chi connectivity index (χ2n) is 3.17. The third-order valence-corrected chi connectivity index (χ3v) is 1.74. The third kappa shape index (κ3) is 65.3. The second kappa shape index (κ2) is 50.3. The molecule has 0 amide bonds. The Hall–Kier alpha value is -0.202. The van der Waals surface area contributed by atoms with Crippen molar-refractivity contribution < 1.29 is 51.2 Å². The van der Waals surface area contributed by atoms with Crippen LogP contribution in [0.1, 0.15) is 51.4 Å². The maximum absolute atomic E-state index is 8.16. The summed E-state index contributed by atoms with van der Waals surface area (Å²) in [6.07, 6.45) is 8.54.